The lowest BCUT2D eigenvalue weighted by molar-refractivity contribution is -0.131. The number of aryl methyl sites for hydroxylation is 1. The van der Waals surface area contributed by atoms with Crippen molar-refractivity contribution in [3.8, 4) is 0 Å². The fourth-order valence-electron chi connectivity index (χ4n) is 4.00. The van der Waals surface area contributed by atoms with Crippen molar-refractivity contribution < 1.29 is 63.5 Å². The predicted molar refractivity (Wildman–Crippen MR) is 197 cm³/mol. The number of ether oxygens (including phenoxy) is 7. The number of aliphatic carboxylic acids is 1. The Bertz CT molecular complexity index is 855. The van der Waals surface area contributed by atoms with Crippen LogP contribution >= 0.6 is 0 Å². The first-order valence-electron chi connectivity index (χ1n) is 18.3. The monoisotopic (exact) mass is 734 g/mol. The van der Waals surface area contributed by atoms with Crippen LogP contribution in [0.2, 0.25) is 0 Å². The van der Waals surface area contributed by atoms with E-state index in [-0.39, 0.29) is 25.9 Å². The van der Waals surface area contributed by atoms with Crippen LogP contribution in [0.5, 0.6) is 0 Å². The highest BCUT2D eigenvalue weighted by Crippen LogP contribution is 2.16. The Morgan fingerprint density at radius 2 is 1.12 bits per heavy atom. The van der Waals surface area contributed by atoms with Crippen LogP contribution in [0.25, 0.3) is 0 Å². The Balaban J connectivity index is 0. The van der Waals surface area contributed by atoms with Gasteiger partial charge in [-0.05, 0) is 37.8 Å². The molecule has 13 nitrogen and oxygen atoms in total. The van der Waals surface area contributed by atoms with E-state index in [0.717, 1.165) is 18.1 Å². The number of hydrogen-bond acceptors (Lipinski definition) is 12. The fraction of sp³-hybridized carbons (Fsp3) is 0.763. The van der Waals surface area contributed by atoms with Gasteiger partial charge in [-0.25, -0.2) is 4.79 Å². The number of aliphatic hydroxyl groups excluding tert-OH is 4. The molecule has 0 aliphatic heterocycles. The zero-order valence-electron chi connectivity index (χ0n) is 31.6. The first-order chi connectivity index (χ1) is 24.7. The number of unbranched alkanes of at least 4 members (excludes halogenated alkanes) is 6. The van der Waals surface area contributed by atoms with Crippen LogP contribution in [0.3, 0.4) is 0 Å². The predicted octanol–water partition coefficient (Wildman–Crippen LogP) is 4.13. The van der Waals surface area contributed by atoms with Crippen molar-refractivity contribution in [2.75, 3.05) is 99.1 Å². The minimum atomic E-state index is -0.981. The molecule has 0 fully saturated rings. The summed E-state index contributed by atoms with van der Waals surface area (Å²) < 4.78 is 37.3. The van der Waals surface area contributed by atoms with Gasteiger partial charge in [0.2, 0.25) is 0 Å². The van der Waals surface area contributed by atoms with Crippen LogP contribution in [0.15, 0.2) is 36.9 Å². The first-order valence-corrected chi connectivity index (χ1v) is 18.3. The summed E-state index contributed by atoms with van der Waals surface area (Å²) in [6.07, 6.45) is 9.94. The molecule has 1 rings (SSSR count). The van der Waals surface area contributed by atoms with E-state index in [1.165, 1.54) is 50.5 Å². The topological polar surface area (TPSA) is 183 Å². The maximum atomic E-state index is 10.3. The molecule has 0 radical (unpaired) electrons. The van der Waals surface area contributed by atoms with Crippen LogP contribution < -0.4 is 0 Å². The van der Waals surface area contributed by atoms with Crippen LogP contribution in [0, 0.1) is 0 Å². The summed E-state index contributed by atoms with van der Waals surface area (Å²) in [6.45, 7) is 14.4. The van der Waals surface area contributed by atoms with Gasteiger partial charge in [-0.15, -0.1) is 0 Å². The van der Waals surface area contributed by atoms with Crippen molar-refractivity contribution in [2.45, 2.75) is 90.4 Å². The summed E-state index contributed by atoms with van der Waals surface area (Å²) in [4.78, 5) is 9.25. The normalized spacial score (nSPS) is 12.6. The quantitative estimate of drug-likeness (QED) is 0.0514. The second kappa shape index (κ2) is 40.8. The molecule has 0 aliphatic rings. The maximum Gasteiger partial charge on any atom is 0.327 e. The highest BCUT2D eigenvalue weighted by atomic mass is 16.6. The lowest BCUT2D eigenvalue weighted by Gasteiger charge is -2.13. The highest BCUT2D eigenvalue weighted by Gasteiger charge is 2.08. The Morgan fingerprint density at radius 3 is 1.53 bits per heavy atom. The molecule has 0 spiro atoms. The number of benzene rings is 1. The van der Waals surface area contributed by atoms with Gasteiger partial charge in [0.25, 0.3) is 0 Å². The number of hydrogen-bond donors (Lipinski definition) is 5. The molecule has 0 aliphatic carbocycles. The average molecular weight is 735 g/mol. The molecule has 0 bridgehead atoms. The Hall–Kier alpha value is -2.01. The maximum absolute atomic E-state index is 10.3. The van der Waals surface area contributed by atoms with Gasteiger partial charge in [0.15, 0.2) is 0 Å². The van der Waals surface area contributed by atoms with Crippen LogP contribution in [0.4, 0.5) is 0 Å². The standard InChI is InChI=1S/C29H52O8.C6H14O3.C3H4O2/c1-2-3-4-5-6-7-8-9-27-10-12-28(13-11-27)29(31)26-37-25-24-36-23-22-35-21-20-34-19-18-33-17-16-32-15-14-30;1-5(8)4-9-6(2)3-7;1-2-3(4)5/h10-13,29-31H,2-9,14-26H2,1H3;5-8H,3-4H2,1-2H3;2H,1H2,(H,4,5). The van der Waals surface area contributed by atoms with Crippen molar-refractivity contribution in [2.24, 2.45) is 0 Å². The molecule has 1 aromatic rings. The molecule has 300 valence electrons. The van der Waals surface area contributed by atoms with Crippen molar-refractivity contribution in [3.05, 3.63) is 48.0 Å². The zero-order valence-corrected chi connectivity index (χ0v) is 31.6. The van der Waals surface area contributed by atoms with E-state index >= 15 is 0 Å². The number of rotatable bonds is 33. The van der Waals surface area contributed by atoms with Crippen molar-refractivity contribution in [3.63, 3.8) is 0 Å². The minimum Gasteiger partial charge on any atom is -0.478 e. The second-order valence-electron chi connectivity index (χ2n) is 11.7. The molecular weight excluding hydrogens is 664 g/mol. The minimum absolute atomic E-state index is 0.00667. The third kappa shape index (κ3) is 40.6. The molecular formula is C38H70O13. The van der Waals surface area contributed by atoms with Crippen LogP contribution in [-0.4, -0.2) is 143 Å². The number of carboxylic acid groups (broad SMARTS) is 1. The van der Waals surface area contributed by atoms with Gasteiger partial charge in [0.05, 0.1) is 111 Å². The average Bonchev–Trinajstić information content (AvgIpc) is 3.13. The summed E-state index contributed by atoms with van der Waals surface area (Å²) in [5.41, 5.74) is 2.22. The molecule has 13 heteroatoms. The summed E-state index contributed by atoms with van der Waals surface area (Å²) in [7, 11) is 0. The van der Waals surface area contributed by atoms with Crippen LogP contribution in [0.1, 0.15) is 82.9 Å². The Labute approximate surface area is 306 Å². The van der Waals surface area contributed by atoms with E-state index in [1.807, 2.05) is 12.1 Å². The molecule has 51 heavy (non-hydrogen) atoms. The fourth-order valence-corrected chi connectivity index (χ4v) is 4.00. The van der Waals surface area contributed by atoms with E-state index in [4.69, 9.17) is 53.6 Å². The Kier molecular flexibility index (Phi) is 40.8. The zero-order chi connectivity index (χ0) is 38.2. The summed E-state index contributed by atoms with van der Waals surface area (Å²) >= 11 is 0. The van der Waals surface area contributed by atoms with Gasteiger partial charge in [-0.1, -0.05) is 76.3 Å². The molecule has 0 saturated carbocycles. The summed E-state index contributed by atoms with van der Waals surface area (Å²) in [5, 5.41) is 43.7. The number of carboxylic acids is 1. The smallest absolute Gasteiger partial charge is 0.327 e. The third-order valence-electron chi connectivity index (χ3n) is 6.86. The molecule has 0 amide bonds. The van der Waals surface area contributed by atoms with E-state index in [0.29, 0.717) is 79.3 Å². The highest BCUT2D eigenvalue weighted by molar-refractivity contribution is 5.78. The SMILES string of the molecule is C=CC(=O)O.CC(O)COC(C)CO.CCCCCCCCCc1ccc(C(O)COCCOCCOCCOCCOCCOCCO)cc1. The van der Waals surface area contributed by atoms with Gasteiger partial charge < -0.3 is 58.7 Å². The molecule has 3 unspecified atom stereocenters. The molecule has 1 aromatic carbocycles. The largest absolute Gasteiger partial charge is 0.478 e. The molecule has 5 N–H and O–H groups in total. The number of aliphatic hydroxyl groups is 4. The first kappa shape index (κ1) is 51.1. The van der Waals surface area contributed by atoms with Crippen molar-refractivity contribution >= 4 is 5.97 Å². The van der Waals surface area contributed by atoms with E-state index in [1.54, 1.807) is 13.8 Å². The van der Waals surface area contributed by atoms with Crippen LogP contribution in [-0.2, 0) is 44.4 Å². The van der Waals surface area contributed by atoms with E-state index in [9.17, 15) is 9.90 Å². The van der Waals surface area contributed by atoms with Crippen molar-refractivity contribution in [1.29, 1.82) is 0 Å². The second-order valence-corrected chi connectivity index (χ2v) is 11.7. The van der Waals surface area contributed by atoms with Gasteiger partial charge in [0, 0.05) is 6.08 Å². The lowest BCUT2D eigenvalue weighted by atomic mass is 10.0. The van der Waals surface area contributed by atoms with E-state index < -0.39 is 18.2 Å². The van der Waals surface area contributed by atoms with Crippen molar-refractivity contribution in [1.82, 2.24) is 0 Å². The Morgan fingerprint density at radius 1 is 0.686 bits per heavy atom. The van der Waals surface area contributed by atoms with Gasteiger partial charge in [-0.3, -0.25) is 0 Å². The number of carbonyl (C=O) groups is 1. The van der Waals surface area contributed by atoms with Gasteiger partial charge >= 0.3 is 5.97 Å². The summed E-state index contributed by atoms with van der Waals surface area (Å²) in [5.74, 6) is -0.981. The van der Waals surface area contributed by atoms with E-state index in [2.05, 4.69) is 25.6 Å². The molecule has 0 saturated heterocycles. The van der Waals surface area contributed by atoms with Gasteiger partial charge in [0.1, 0.15) is 6.10 Å². The summed E-state index contributed by atoms with van der Waals surface area (Å²) in [6, 6.07) is 8.25. The molecule has 3 atom stereocenters. The molecule has 0 heterocycles. The van der Waals surface area contributed by atoms with Gasteiger partial charge in [-0.2, -0.15) is 0 Å². The third-order valence-corrected chi connectivity index (χ3v) is 6.86. The molecule has 0 aromatic heterocycles. The lowest BCUT2D eigenvalue weighted by Crippen LogP contribution is -2.19.